The summed E-state index contributed by atoms with van der Waals surface area (Å²) in [6.07, 6.45) is -0.641. The molecule has 1 aromatic heterocycles. The average molecular weight is 203 g/mol. The third kappa shape index (κ3) is 3.80. The Bertz CT molecular complexity index is 251. The normalized spacial score (nSPS) is 13.2. The zero-order valence-electron chi connectivity index (χ0n) is 7.43. The Balaban J connectivity index is 2.20. The molecular formula is C8H13NO3S. The van der Waals surface area contributed by atoms with Crippen LogP contribution in [0.5, 0.6) is 0 Å². The second-order valence-electron chi connectivity index (χ2n) is 2.78. The van der Waals surface area contributed by atoms with Gasteiger partial charge in [0.05, 0.1) is 18.4 Å². The molecular weight excluding hydrogens is 190 g/mol. The standard InChI is InChI=1S/C8H13NO3S/c1-6-2-7(9-12-6)4-13-5-8(11)3-10/h2,8,10-11H,3-5H2,1H3. The van der Waals surface area contributed by atoms with Crippen molar-refractivity contribution in [3.63, 3.8) is 0 Å². The molecule has 0 fully saturated rings. The SMILES string of the molecule is Cc1cc(CSCC(O)CO)no1. The summed E-state index contributed by atoms with van der Waals surface area (Å²) in [4.78, 5) is 0. The highest BCUT2D eigenvalue weighted by molar-refractivity contribution is 7.98. The number of aliphatic hydroxyl groups excluding tert-OH is 2. The first kappa shape index (κ1) is 10.6. The molecule has 1 heterocycles. The highest BCUT2D eigenvalue weighted by Crippen LogP contribution is 2.12. The summed E-state index contributed by atoms with van der Waals surface area (Å²) in [6.45, 7) is 1.65. The van der Waals surface area contributed by atoms with Crippen molar-refractivity contribution < 1.29 is 14.7 Å². The molecule has 0 bridgehead atoms. The number of hydrogen-bond donors (Lipinski definition) is 2. The Kier molecular flexibility index (Phi) is 4.27. The van der Waals surface area contributed by atoms with E-state index in [9.17, 15) is 0 Å². The van der Waals surface area contributed by atoms with Crippen LogP contribution in [0.4, 0.5) is 0 Å². The number of aryl methyl sites for hydroxylation is 1. The second kappa shape index (κ2) is 5.26. The van der Waals surface area contributed by atoms with Gasteiger partial charge in [0.2, 0.25) is 0 Å². The molecule has 0 spiro atoms. The predicted octanol–water partition coefficient (Wildman–Crippen LogP) is 0.569. The summed E-state index contributed by atoms with van der Waals surface area (Å²) in [7, 11) is 0. The van der Waals surface area contributed by atoms with Crippen molar-refractivity contribution in [2.45, 2.75) is 18.8 Å². The molecule has 0 amide bonds. The highest BCUT2D eigenvalue weighted by atomic mass is 32.2. The fraction of sp³-hybridized carbons (Fsp3) is 0.625. The van der Waals surface area contributed by atoms with E-state index in [1.165, 1.54) is 11.8 Å². The molecule has 1 atom stereocenters. The van der Waals surface area contributed by atoms with Crippen LogP contribution in [-0.2, 0) is 5.75 Å². The molecule has 0 saturated carbocycles. The lowest BCUT2D eigenvalue weighted by Gasteiger charge is -2.04. The van der Waals surface area contributed by atoms with Crippen molar-refractivity contribution in [3.05, 3.63) is 17.5 Å². The highest BCUT2D eigenvalue weighted by Gasteiger charge is 2.04. The molecule has 0 aliphatic rings. The molecule has 1 aromatic rings. The summed E-state index contributed by atoms with van der Waals surface area (Å²) in [5.74, 6) is 2.01. The van der Waals surface area contributed by atoms with Crippen molar-refractivity contribution in [2.24, 2.45) is 0 Å². The Morgan fingerprint density at radius 2 is 2.46 bits per heavy atom. The molecule has 2 N–H and O–H groups in total. The molecule has 1 rings (SSSR count). The zero-order chi connectivity index (χ0) is 9.68. The quantitative estimate of drug-likeness (QED) is 0.732. The molecule has 0 saturated heterocycles. The summed E-state index contributed by atoms with van der Waals surface area (Å²) in [6, 6.07) is 1.86. The molecule has 13 heavy (non-hydrogen) atoms. The zero-order valence-corrected chi connectivity index (χ0v) is 8.25. The van der Waals surface area contributed by atoms with E-state index in [-0.39, 0.29) is 6.61 Å². The Morgan fingerprint density at radius 1 is 1.69 bits per heavy atom. The third-order valence-electron chi connectivity index (χ3n) is 1.45. The van der Waals surface area contributed by atoms with Crippen molar-refractivity contribution in [1.29, 1.82) is 0 Å². The van der Waals surface area contributed by atoms with Gasteiger partial charge in [-0.05, 0) is 6.92 Å². The van der Waals surface area contributed by atoms with Crippen molar-refractivity contribution in [2.75, 3.05) is 12.4 Å². The number of nitrogens with zero attached hydrogens (tertiary/aromatic N) is 1. The predicted molar refractivity (Wildman–Crippen MR) is 50.5 cm³/mol. The van der Waals surface area contributed by atoms with Crippen LogP contribution < -0.4 is 0 Å². The van der Waals surface area contributed by atoms with Gasteiger partial charge < -0.3 is 14.7 Å². The summed E-state index contributed by atoms with van der Waals surface area (Å²) < 4.78 is 4.87. The molecule has 4 nitrogen and oxygen atoms in total. The van der Waals surface area contributed by atoms with Gasteiger partial charge in [0.25, 0.3) is 0 Å². The molecule has 1 unspecified atom stereocenters. The Labute approximate surface area is 80.9 Å². The van der Waals surface area contributed by atoms with Crippen molar-refractivity contribution in [1.82, 2.24) is 5.16 Å². The topological polar surface area (TPSA) is 66.5 Å². The van der Waals surface area contributed by atoms with Crippen LogP contribution in [-0.4, -0.2) is 33.8 Å². The number of aromatic nitrogens is 1. The first-order valence-corrected chi connectivity index (χ1v) is 5.16. The summed E-state index contributed by atoms with van der Waals surface area (Å²) in [5, 5.41) is 21.4. The first-order valence-electron chi connectivity index (χ1n) is 4.01. The van der Waals surface area contributed by atoms with Gasteiger partial charge in [-0.15, -0.1) is 0 Å². The van der Waals surface area contributed by atoms with Crippen molar-refractivity contribution in [3.8, 4) is 0 Å². The van der Waals surface area contributed by atoms with Gasteiger partial charge >= 0.3 is 0 Å². The average Bonchev–Trinajstić information content (AvgIpc) is 2.51. The van der Waals surface area contributed by atoms with Gasteiger partial charge in [-0.1, -0.05) is 5.16 Å². The number of thioether (sulfide) groups is 1. The van der Waals surface area contributed by atoms with Crippen LogP contribution >= 0.6 is 11.8 Å². The summed E-state index contributed by atoms with van der Waals surface area (Å²) in [5.41, 5.74) is 0.868. The molecule has 0 aromatic carbocycles. The molecule has 0 aliphatic heterocycles. The number of hydrogen-bond acceptors (Lipinski definition) is 5. The van der Waals surface area contributed by atoms with E-state index in [0.717, 1.165) is 11.5 Å². The first-order chi connectivity index (χ1) is 6.22. The Morgan fingerprint density at radius 3 is 3.00 bits per heavy atom. The van der Waals surface area contributed by atoms with E-state index in [1.807, 2.05) is 13.0 Å². The number of aliphatic hydroxyl groups is 2. The fourth-order valence-corrected chi connectivity index (χ4v) is 1.68. The molecule has 5 heteroatoms. The monoisotopic (exact) mass is 203 g/mol. The van der Waals surface area contributed by atoms with Crippen LogP contribution in [0.25, 0.3) is 0 Å². The van der Waals surface area contributed by atoms with Gasteiger partial charge in [-0.2, -0.15) is 11.8 Å². The number of rotatable bonds is 5. The minimum atomic E-state index is -0.641. The summed E-state index contributed by atoms with van der Waals surface area (Å²) >= 11 is 1.52. The lowest BCUT2D eigenvalue weighted by atomic mass is 10.4. The molecule has 0 aliphatic carbocycles. The minimum absolute atomic E-state index is 0.190. The van der Waals surface area contributed by atoms with Gasteiger partial charge in [0.1, 0.15) is 5.76 Å². The second-order valence-corrected chi connectivity index (χ2v) is 3.81. The van der Waals surface area contributed by atoms with Gasteiger partial charge in [0.15, 0.2) is 0 Å². The van der Waals surface area contributed by atoms with Crippen LogP contribution in [0, 0.1) is 6.92 Å². The lowest BCUT2D eigenvalue weighted by Crippen LogP contribution is -2.14. The van der Waals surface area contributed by atoms with E-state index in [2.05, 4.69) is 5.16 Å². The lowest BCUT2D eigenvalue weighted by molar-refractivity contribution is 0.113. The van der Waals surface area contributed by atoms with Crippen LogP contribution in [0.3, 0.4) is 0 Å². The fourth-order valence-electron chi connectivity index (χ4n) is 0.838. The van der Waals surface area contributed by atoms with Crippen LogP contribution in [0.2, 0.25) is 0 Å². The van der Waals surface area contributed by atoms with E-state index < -0.39 is 6.10 Å². The Hall–Kier alpha value is -0.520. The smallest absolute Gasteiger partial charge is 0.133 e. The maximum absolute atomic E-state index is 9.03. The van der Waals surface area contributed by atoms with Gasteiger partial charge in [-0.3, -0.25) is 0 Å². The van der Waals surface area contributed by atoms with Gasteiger partial charge in [-0.25, -0.2) is 0 Å². The van der Waals surface area contributed by atoms with Crippen LogP contribution in [0.1, 0.15) is 11.5 Å². The maximum atomic E-state index is 9.03. The molecule has 74 valence electrons. The maximum Gasteiger partial charge on any atom is 0.133 e. The molecule has 0 radical (unpaired) electrons. The largest absolute Gasteiger partial charge is 0.394 e. The van der Waals surface area contributed by atoms with Gasteiger partial charge in [0, 0.05) is 17.6 Å². The third-order valence-corrected chi connectivity index (χ3v) is 2.57. The van der Waals surface area contributed by atoms with E-state index in [0.29, 0.717) is 11.5 Å². The minimum Gasteiger partial charge on any atom is -0.394 e. The van der Waals surface area contributed by atoms with E-state index in [1.54, 1.807) is 0 Å². The van der Waals surface area contributed by atoms with Crippen molar-refractivity contribution >= 4 is 11.8 Å². The van der Waals surface area contributed by atoms with E-state index in [4.69, 9.17) is 14.7 Å². The van der Waals surface area contributed by atoms with Crippen LogP contribution in [0.15, 0.2) is 10.6 Å². The van der Waals surface area contributed by atoms with E-state index >= 15 is 0 Å².